The van der Waals surface area contributed by atoms with Gasteiger partial charge >= 0.3 is 0 Å². The van der Waals surface area contributed by atoms with Crippen LogP contribution in [0.3, 0.4) is 0 Å². The van der Waals surface area contributed by atoms with Crippen molar-refractivity contribution in [2.75, 3.05) is 20.4 Å². The Balaban J connectivity index is 0.000000154. The standard InChI is InChI=1S/C19H20N4O2.C18H18N4O2/c1-11-8-12(6-7-20-11)17(24)22-16-9-15-14(10-21-16)19(2,3)18(25)23(15)13-4-5-13;1-18(2)13-5-6-14(21-16(23)11-7-9-19-10-8-11)20-15(13)22(17(18)24)12-3-4-12/h6-10,13H,4-5H2,1-3H3,(H,21,22,24);5-10,12H,3-4H2,1-2H3,(H,20,21,23). The third-order valence-corrected chi connectivity index (χ3v) is 9.51. The number of carbonyl (C=O) groups excluding carboxylic acids is 4. The van der Waals surface area contributed by atoms with Gasteiger partial charge < -0.3 is 15.5 Å². The first kappa shape index (κ1) is 32.0. The van der Waals surface area contributed by atoms with Crippen LogP contribution in [0.4, 0.5) is 23.1 Å². The maximum Gasteiger partial charge on any atom is 0.256 e. The van der Waals surface area contributed by atoms with Crippen molar-refractivity contribution >= 4 is 46.8 Å². The zero-order valence-electron chi connectivity index (χ0n) is 28.2. The molecule has 8 rings (SSSR count). The second-order valence-electron chi connectivity index (χ2n) is 14.0. The minimum absolute atomic E-state index is 0.0881. The summed E-state index contributed by atoms with van der Waals surface area (Å²) >= 11 is 0. The summed E-state index contributed by atoms with van der Waals surface area (Å²) in [6, 6.07) is 12.7. The molecule has 2 aliphatic carbocycles. The summed E-state index contributed by atoms with van der Waals surface area (Å²) in [7, 11) is 0. The van der Waals surface area contributed by atoms with Crippen LogP contribution in [0.5, 0.6) is 0 Å². The minimum Gasteiger partial charge on any atom is -0.308 e. The molecule has 4 amide bonds. The molecule has 2 saturated carbocycles. The van der Waals surface area contributed by atoms with Crippen molar-refractivity contribution in [2.45, 2.75) is 83.2 Å². The number of aryl methyl sites for hydroxylation is 1. The molecule has 0 bridgehead atoms. The van der Waals surface area contributed by atoms with E-state index in [9.17, 15) is 19.2 Å². The Labute approximate surface area is 284 Å². The van der Waals surface area contributed by atoms with Crippen LogP contribution >= 0.6 is 0 Å². The van der Waals surface area contributed by atoms with Gasteiger partial charge in [-0.15, -0.1) is 0 Å². The van der Waals surface area contributed by atoms with E-state index in [2.05, 4.69) is 30.6 Å². The molecule has 0 spiro atoms. The Kier molecular flexibility index (Phi) is 7.76. The summed E-state index contributed by atoms with van der Waals surface area (Å²) in [5, 5.41) is 5.62. The molecule has 4 aromatic heterocycles. The number of rotatable bonds is 6. The molecular weight excluding hydrogens is 620 g/mol. The van der Waals surface area contributed by atoms with Crippen molar-refractivity contribution in [3.63, 3.8) is 0 Å². The Hall–Kier alpha value is -5.52. The highest BCUT2D eigenvalue weighted by atomic mass is 16.2. The van der Waals surface area contributed by atoms with Crippen molar-refractivity contribution in [3.05, 3.63) is 95.2 Å². The molecule has 12 nitrogen and oxygen atoms in total. The summed E-state index contributed by atoms with van der Waals surface area (Å²) in [5.74, 6) is 1.30. The highest BCUT2D eigenvalue weighted by molar-refractivity contribution is 6.10. The van der Waals surface area contributed by atoms with E-state index in [-0.39, 0.29) is 35.7 Å². The van der Waals surface area contributed by atoms with E-state index in [1.807, 2.05) is 51.7 Å². The van der Waals surface area contributed by atoms with Crippen molar-refractivity contribution in [2.24, 2.45) is 0 Å². The molecule has 2 N–H and O–H groups in total. The van der Waals surface area contributed by atoms with Crippen molar-refractivity contribution in [3.8, 4) is 0 Å². The van der Waals surface area contributed by atoms with E-state index in [4.69, 9.17) is 0 Å². The van der Waals surface area contributed by atoms with Gasteiger partial charge in [0.05, 0.1) is 16.5 Å². The predicted molar refractivity (Wildman–Crippen MR) is 185 cm³/mol. The van der Waals surface area contributed by atoms with Crippen molar-refractivity contribution in [1.29, 1.82) is 0 Å². The maximum absolute atomic E-state index is 12.8. The van der Waals surface area contributed by atoms with Crippen LogP contribution in [-0.4, -0.2) is 55.6 Å². The van der Waals surface area contributed by atoms with Crippen LogP contribution in [0.2, 0.25) is 0 Å². The molecule has 0 saturated heterocycles. The third-order valence-electron chi connectivity index (χ3n) is 9.51. The second kappa shape index (κ2) is 11.9. The predicted octanol–water partition coefficient (Wildman–Crippen LogP) is 5.34. The molecule has 2 fully saturated rings. The smallest absolute Gasteiger partial charge is 0.256 e. The van der Waals surface area contributed by atoms with Gasteiger partial charge in [0.2, 0.25) is 11.8 Å². The summed E-state index contributed by atoms with van der Waals surface area (Å²) in [5.41, 5.74) is 3.39. The Morgan fingerprint density at radius 2 is 1.31 bits per heavy atom. The number of carbonyl (C=O) groups is 4. The number of nitrogens with zero attached hydrogens (tertiary/aromatic N) is 6. The van der Waals surface area contributed by atoms with E-state index >= 15 is 0 Å². The van der Waals surface area contributed by atoms with E-state index in [1.54, 1.807) is 60.0 Å². The van der Waals surface area contributed by atoms with E-state index in [1.165, 1.54) is 0 Å². The van der Waals surface area contributed by atoms with Crippen LogP contribution in [0.15, 0.2) is 67.3 Å². The lowest BCUT2D eigenvalue weighted by atomic mass is 9.87. The maximum atomic E-state index is 12.8. The fourth-order valence-electron chi connectivity index (χ4n) is 6.36. The van der Waals surface area contributed by atoms with Crippen LogP contribution in [-0.2, 0) is 20.4 Å². The van der Waals surface area contributed by atoms with Crippen LogP contribution in [0, 0.1) is 6.92 Å². The lowest BCUT2D eigenvalue weighted by Crippen LogP contribution is -2.37. The Bertz CT molecular complexity index is 2000. The second-order valence-corrected chi connectivity index (χ2v) is 14.0. The monoisotopic (exact) mass is 658 g/mol. The lowest BCUT2D eigenvalue weighted by molar-refractivity contribution is -0.122. The molecule has 0 radical (unpaired) electrons. The molecule has 0 unspecified atom stereocenters. The zero-order chi connectivity index (χ0) is 34.7. The number of hydrogen-bond donors (Lipinski definition) is 2. The molecule has 2 aliphatic heterocycles. The normalized spacial score (nSPS) is 18.3. The number of amides is 4. The zero-order valence-corrected chi connectivity index (χ0v) is 28.2. The van der Waals surface area contributed by atoms with E-state index in [0.717, 1.165) is 48.2 Å². The van der Waals surface area contributed by atoms with Crippen LogP contribution < -0.4 is 20.4 Å². The average Bonchev–Trinajstić information content (AvgIpc) is 4.02. The topological polar surface area (TPSA) is 150 Å². The van der Waals surface area contributed by atoms with Crippen LogP contribution in [0.25, 0.3) is 0 Å². The number of anilines is 4. The van der Waals surface area contributed by atoms with Crippen molar-refractivity contribution in [1.82, 2.24) is 19.9 Å². The number of pyridine rings is 4. The van der Waals surface area contributed by atoms with Gasteiger partial charge in [-0.1, -0.05) is 6.07 Å². The number of nitrogens with one attached hydrogen (secondary N) is 2. The fourth-order valence-corrected chi connectivity index (χ4v) is 6.36. The lowest BCUT2D eigenvalue weighted by Gasteiger charge is -2.19. The molecule has 250 valence electrons. The average molecular weight is 659 g/mol. The van der Waals surface area contributed by atoms with Gasteiger partial charge in [0.15, 0.2) is 0 Å². The van der Waals surface area contributed by atoms with Gasteiger partial charge in [-0.05, 0) is 90.6 Å². The van der Waals surface area contributed by atoms with Gasteiger partial charge in [-0.2, -0.15) is 0 Å². The SMILES string of the molecule is CC1(C)C(=O)N(C2CC2)c2nc(NC(=O)c3ccncc3)ccc21.Cc1cc(C(=O)Nc2cc3c(cn2)C(C)(C)C(=O)N3C2CC2)ccn1. The molecule has 4 aliphatic rings. The third kappa shape index (κ3) is 5.92. The highest BCUT2D eigenvalue weighted by Gasteiger charge is 2.51. The molecule has 0 aromatic carbocycles. The highest BCUT2D eigenvalue weighted by Crippen LogP contribution is 2.47. The number of aromatic nitrogens is 4. The van der Waals surface area contributed by atoms with Gasteiger partial charge in [0.1, 0.15) is 17.5 Å². The van der Waals surface area contributed by atoms with Gasteiger partial charge in [0.25, 0.3) is 11.8 Å². The van der Waals surface area contributed by atoms with Crippen LogP contribution in [0.1, 0.15) is 90.9 Å². The summed E-state index contributed by atoms with van der Waals surface area (Å²) in [4.78, 5) is 70.8. The minimum atomic E-state index is -0.574. The largest absolute Gasteiger partial charge is 0.308 e. The summed E-state index contributed by atoms with van der Waals surface area (Å²) < 4.78 is 0. The van der Waals surface area contributed by atoms with E-state index < -0.39 is 10.8 Å². The molecule has 4 aromatic rings. The molecule has 49 heavy (non-hydrogen) atoms. The molecule has 6 heterocycles. The summed E-state index contributed by atoms with van der Waals surface area (Å²) in [6.07, 6.45) is 10.5. The first-order valence-corrected chi connectivity index (χ1v) is 16.5. The van der Waals surface area contributed by atoms with Gasteiger partial charge in [-0.25, -0.2) is 9.97 Å². The summed E-state index contributed by atoms with van der Waals surface area (Å²) in [6.45, 7) is 9.54. The molecule has 12 heteroatoms. The van der Waals surface area contributed by atoms with Gasteiger partial charge in [-0.3, -0.25) is 34.0 Å². The van der Waals surface area contributed by atoms with E-state index in [0.29, 0.717) is 28.6 Å². The molecule has 0 atom stereocenters. The quantitative estimate of drug-likeness (QED) is 0.282. The molecular formula is C37H38N8O4. The number of hydrogen-bond acceptors (Lipinski definition) is 8. The number of fused-ring (bicyclic) bond motifs is 2. The van der Waals surface area contributed by atoms with Gasteiger partial charge in [0, 0.05) is 70.9 Å². The fraction of sp³-hybridized carbons (Fsp3) is 0.351. The first-order valence-electron chi connectivity index (χ1n) is 16.5. The Morgan fingerprint density at radius 3 is 1.98 bits per heavy atom. The Morgan fingerprint density at radius 1 is 0.714 bits per heavy atom. The van der Waals surface area contributed by atoms with Crippen molar-refractivity contribution < 1.29 is 19.2 Å². The first-order chi connectivity index (χ1) is 23.4.